The Morgan fingerprint density at radius 3 is 2.50 bits per heavy atom. The molecule has 0 spiro atoms. The molecule has 0 amide bonds. The normalized spacial score (nSPS) is 7.40. The Morgan fingerprint density at radius 2 is 2.30 bits per heavy atom. The Labute approximate surface area is 72.4 Å². The molecule has 0 aromatic carbocycles. The van der Waals surface area contributed by atoms with Crippen LogP contribution in [0, 0.1) is 0 Å². The number of carbonyl (C=O) groups excluding carboxylic acids is 1. The quantitative estimate of drug-likeness (QED) is 0.498. The van der Waals surface area contributed by atoms with Crippen molar-refractivity contribution in [3.05, 3.63) is 29.5 Å². The van der Waals surface area contributed by atoms with Crippen molar-refractivity contribution in [3.63, 3.8) is 0 Å². The molecule has 0 saturated carbocycles. The van der Waals surface area contributed by atoms with Crippen molar-refractivity contribution in [2.24, 2.45) is 0 Å². The minimum atomic E-state index is 0.562. The Bertz CT molecular complexity index is 180. The van der Waals surface area contributed by atoms with Gasteiger partial charge in [0.05, 0.1) is 5.02 Å². The molecule has 54 valence electrons. The molecule has 0 aliphatic heterocycles. The first-order chi connectivity index (χ1) is 4.81. The van der Waals surface area contributed by atoms with Crippen LogP contribution in [-0.2, 0) is 4.79 Å². The van der Waals surface area contributed by atoms with Crippen molar-refractivity contribution in [1.29, 1.82) is 0 Å². The summed E-state index contributed by atoms with van der Waals surface area (Å²) in [6.45, 7) is 0. The molecule has 0 aliphatic rings. The van der Waals surface area contributed by atoms with Crippen molar-refractivity contribution in [3.8, 4) is 0 Å². The lowest BCUT2D eigenvalue weighted by atomic mass is 10.5. The molecule has 0 N–H and O–H groups in total. The van der Waals surface area contributed by atoms with Crippen molar-refractivity contribution < 1.29 is 4.79 Å². The number of nitrogens with zero attached hydrogens (tertiary/aromatic N) is 1. The second kappa shape index (κ2) is 6.71. The molecule has 0 aliphatic carbocycles. The summed E-state index contributed by atoms with van der Waals surface area (Å²) < 4.78 is 0. The maximum absolute atomic E-state index is 8.72. The molecule has 10 heavy (non-hydrogen) atoms. The van der Waals surface area contributed by atoms with E-state index in [0.29, 0.717) is 10.2 Å². The van der Waals surface area contributed by atoms with Gasteiger partial charge < -0.3 is 0 Å². The van der Waals surface area contributed by atoms with Gasteiger partial charge in [0.25, 0.3) is 0 Å². The largest absolute Gasteiger partial charge is 0.290 e. The molecule has 0 fully saturated rings. The van der Waals surface area contributed by atoms with E-state index in [-0.39, 0.29) is 0 Å². The number of hydrogen-bond donors (Lipinski definition) is 0. The smallest absolute Gasteiger partial charge is 0.185 e. The summed E-state index contributed by atoms with van der Waals surface area (Å²) in [6, 6.07) is 3.58. The van der Waals surface area contributed by atoms with Crippen molar-refractivity contribution >= 4 is 32.7 Å². The monoisotopic (exact) mass is 221 g/mol. The number of rotatable bonds is 0. The van der Waals surface area contributed by atoms with Crippen LogP contribution >= 0.6 is 27.5 Å². The SMILES string of the molecule is Clc1cccnc1.O=CBr. The minimum absolute atomic E-state index is 0.562. The van der Waals surface area contributed by atoms with Crippen molar-refractivity contribution in [2.45, 2.75) is 0 Å². The predicted molar refractivity (Wildman–Crippen MR) is 44.9 cm³/mol. The van der Waals surface area contributed by atoms with Crippen LogP contribution in [0.25, 0.3) is 0 Å². The van der Waals surface area contributed by atoms with Crippen molar-refractivity contribution in [1.82, 2.24) is 4.98 Å². The standard InChI is InChI=1S/C5H4ClN.CHBrO/c6-5-2-1-3-7-4-5;2-1-3/h1-4H;1H. The number of aromatic nitrogens is 1. The lowest BCUT2D eigenvalue weighted by molar-refractivity contribution is 0.571. The van der Waals surface area contributed by atoms with E-state index in [1.54, 1.807) is 24.5 Å². The van der Waals surface area contributed by atoms with Gasteiger partial charge in [0, 0.05) is 12.4 Å². The molecule has 0 atom stereocenters. The van der Waals surface area contributed by atoms with E-state index in [1.165, 1.54) is 0 Å². The fraction of sp³-hybridized carbons (Fsp3) is 0. The Hall–Kier alpha value is -0.410. The van der Waals surface area contributed by atoms with E-state index >= 15 is 0 Å². The molecule has 0 saturated heterocycles. The van der Waals surface area contributed by atoms with Crippen LogP contribution in [0.2, 0.25) is 5.02 Å². The molecule has 2 nitrogen and oxygen atoms in total. The molecular formula is C6H5BrClNO. The van der Waals surface area contributed by atoms with Gasteiger partial charge in [-0.1, -0.05) is 11.6 Å². The number of pyridine rings is 1. The van der Waals surface area contributed by atoms with Crippen LogP contribution in [0.4, 0.5) is 0 Å². The van der Waals surface area contributed by atoms with Crippen LogP contribution in [0.1, 0.15) is 0 Å². The third-order valence-electron chi connectivity index (χ3n) is 0.625. The van der Waals surface area contributed by atoms with E-state index in [1.807, 2.05) is 0 Å². The highest BCUT2D eigenvalue weighted by Crippen LogP contribution is 2.00. The zero-order valence-electron chi connectivity index (χ0n) is 5.00. The summed E-state index contributed by atoms with van der Waals surface area (Å²) in [4.78, 5) is 12.5. The van der Waals surface area contributed by atoms with Gasteiger partial charge in [-0.2, -0.15) is 0 Å². The first-order valence-electron chi connectivity index (χ1n) is 2.40. The third kappa shape index (κ3) is 5.72. The maximum atomic E-state index is 8.72. The van der Waals surface area contributed by atoms with Gasteiger partial charge in [-0.25, -0.2) is 0 Å². The fourth-order valence-corrected chi connectivity index (χ4v) is 0.471. The Morgan fingerprint density at radius 1 is 1.70 bits per heavy atom. The molecule has 1 heterocycles. The number of carbonyl (C=O) groups is 1. The molecule has 1 aromatic rings. The van der Waals surface area contributed by atoms with E-state index in [4.69, 9.17) is 16.4 Å². The van der Waals surface area contributed by atoms with Crippen LogP contribution in [0.15, 0.2) is 24.5 Å². The van der Waals surface area contributed by atoms with Gasteiger partial charge in [0.2, 0.25) is 0 Å². The minimum Gasteiger partial charge on any atom is -0.290 e. The topological polar surface area (TPSA) is 30.0 Å². The second-order valence-corrected chi connectivity index (χ2v) is 2.07. The zero-order valence-corrected chi connectivity index (χ0v) is 7.34. The van der Waals surface area contributed by atoms with Gasteiger partial charge in [-0.05, 0) is 28.1 Å². The van der Waals surface area contributed by atoms with E-state index in [2.05, 4.69) is 20.9 Å². The first-order valence-corrected chi connectivity index (χ1v) is 3.70. The molecule has 0 bridgehead atoms. The highest BCUT2D eigenvalue weighted by Gasteiger charge is 1.76. The molecule has 1 aromatic heterocycles. The summed E-state index contributed by atoms with van der Waals surface area (Å²) in [5.41, 5.74) is 0. The average molecular weight is 222 g/mol. The summed E-state index contributed by atoms with van der Waals surface area (Å²) in [5, 5.41) is 1.25. The van der Waals surface area contributed by atoms with Gasteiger partial charge >= 0.3 is 0 Å². The Kier molecular flexibility index (Phi) is 6.43. The highest BCUT2D eigenvalue weighted by molar-refractivity contribution is 9.17. The van der Waals surface area contributed by atoms with Gasteiger partial charge in [-0.3, -0.25) is 9.78 Å². The van der Waals surface area contributed by atoms with Gasteiger partial charge in [-0.15, -0.1) is 0 Å². The summed E-state index contributed by atoms with van der Waals surface area (Å²) in [7, 11) is 0. The second-order valence-electron chi connectivity index (χ2n) is 1.26. The van der Waals surface area contributed by atoms with Crippen molar-refractivity contribution in [2.75, 3.05) is 0 Å². The Balaban J connectivity index is 0.000000236. The highest BCUT2D eigenvalue weighted by atomic mass is 79.9. The molecule has 0 radical (unpaired) electrons. The van der Waals surface area contributed by atoms with Crippen LogP contribution in [-0.4, -0.2) is 10.2 Å². The summed E-state index contributed by atoms with van der Waals surface area (Å²) >= 11 is 7.94. The zero-order chi connectivity index (χ0) is 7.82. The van der Waals surface area contributed by atoms with E-state index in [0.717, 1.165) is 0 Å². The van der Waals surface area contributed by atoms with E-state index < -0.39 is 0 Å². The number of halogens is 2. The van der Waals surface area contributed by atoms with Crippen LogP contribution in [0.5, 0.6) is 0 Å². The lowest BCUT2D eigenvalue weighted by Gasteiger charge is -1.79. The molecule has 4 heteroatoms. The van der Waals surface area contributed by atoms with Gasteiger partial charge in [0.1, 0.15) is 0 Å². The maximum Gasteiger partial charge on any atom is 0.185 e. The molecular weight excluding hydrogens is 217 g/mol. The summed E-state index contributed by atoms with van der Waals surface area (Å²) in [6.07, 6.45) is 3.29. The van der Waals surface area contributed by atoms with Gasteiger partial charge in [0.15, 0.2) is 5.20 Å². The molecule has 0 unspecified atom stereocenters. The number of hydrogen-bond acceptors (Lipinski definition) is 2. The van der Waals surface area contributed by atoms with Crippen LogP contribution in [0.3, 0.4) is 0 Å². The lowest BCUT2D eigenvalue weighted by Crippen LogP contribution is -1.64. The first kappa shape index (κ1) is 9.59. The van der Waals surface area contributed by atoms with Crippen LogP contribution < -0.4 is 0 Å². The average Bonchev–Trinajstić information content (AvgIpc) is 1.91. The predicted octanol–water partition coefficient (Wildman–Crippen LogP) is 2.31. The summed E-state index contributed by atoms with van der Waals surface area (Å²) in [5.74, 6) is 0. The van der Waals surface area contributed by atoms with E-state index in [9.17, 15) is 0 Å². The molecule has 1 rings (SSSR count). The fourth-order valence-electron chi connectivity index (χ4n) is 0.342. The third-order valence-corrected chi connectivity index (χ3v) is 0.849.